The summed E-state index contributed by atoms with van der Waals surface area (Å²) >= 11 is 13.4. The van der Waals surface area contributed by atoms with E-state index in [1.54, 1.807) is 11.1 Å². The molecule has 2 bridgehead atoms. The first-order valence-corrected chi connectivity index (χ1v) is 13.5. The van der Waals surface area contributed by atoms with Crippen LogP contribution in [0.1, 0.15) is 72.6 Å². The van der Waals surface area contributed by atoms with Gasteiger partial charge in [0, 0.05) is 23.6 Å². The average molecular weight is 461 g/mol. The summed E-state index contributed by atoms with van der Waals surface area (Å²) in [6.45, 7) is 0. The molecule has 2 aromatic carbocycles. The fraction of sp³-hybridized carbons (Fsp3) is 0.467. The molecule has 0 aromatic heterocycles. The van der Waals surface area contributed by atoms with E-state index >= 15 is 0 Å². The lowest BCUT2D eigenvalue weighted by atomic mass is 9.47. The average Bonchev–Trinajstić information content (AvgIpc) is 3.61. The topological polar surface area (TPSA) is 0 Å². The zero-order valence-corrected chi connectivity index (χ0v) is 20.0. The van der Waals surface area contributed by atoms with Crippen molar-refractivity contribution in [1.82, 2.24) is 0 Å². The van der Waals surface area contributed by atoms with Crippen molar-refractivity contribution in [2.75, 3.05) is 11.8 Å². The van der Waals surface area contributed by atoms with Crippen molar-refractivity contribution in [2.24, 2.45) is 22.7 Å². The van der Waals surface area contributed by atoms with Gasteiger partial charge in [0.1, 0.15) is 0 Å². The highest BCUT2D eigenvalue weighted by molar-refractivity contribution is 6.20. The maximum atomic E-state index is 6.70. The Kier molecular flexibility index (Phi) is 4.36. The van der Waals surface area contributed by atoms with Crippen LogP contribution in [0.4, 0.5) is 0 Å². The third-order valence-corrected chi connectivity index (χ3v) is 10.9. The van der Waals surface area contributed by atoms with Gasteiger partial charge in [-0.25, -0.2) is 0 Å². The molecule has 2 heteroatoms. The van der Waals surface area contributed by atoms with E-state index in [4.69, 9.17) is 23.2 Å². The van der Waals surface area contributed by atoms with Crippen LogP contribution in [0.5, 0.6) is 0 Å². The summed E-state index contributed by atoms with van der Waals surface area (Å²) in [6.07, 6.45) is 13.1. The van der Waals surface area contributed by atoms with Crippen molar-refractivity contribution in [2.45, 2.75) is 50.4 Å². The number of halogens is 2. The Labute approximate surface area is 201 Å². The van der Waals surface area contributed by atoms with Crippen LogP contribution >= 0.6 is 23.2 Å². The molecule has 6 atom stereocenters. The third kappa shape index (κ3) is 2.27. The van der Waals surface area contributed by atoms with Gasteiger partial charge >= 0.3 is 0 Å². The van der Waals surface area contributed by atoms with Crippen molar-refractivity contribution in [3.05, 3.63) is 81.9 Å². The standard InChI is InChI=1S/C30H30Cl2/c31-17-22-14-19-6-1-3-8-24(19)27(22)29-13-11-21(16-29)26-10-5-12-30(26,29)28-23(18-32)15-20-7-2-4-9-25(20)28/h1-4,6-9,14-15,21,26-28H,5,10-13,16-18H2. The minimum Gasteiger partial charge on any atom is -0.122 e. The first-order valence-electron chi connectivity index (χ1n) is 12.4. The van der Waals surface area contributed by atoms with E-state index in [0.29, 0.717) is 34.4 Å². The van der Waals surface area contributed by atoms with Crippen molar-refractivity contribution in [1.29, 1.82) is 0 Å². The summed E-state index contributed by atoms with van der Waals surface area (Å²) in [5.74, 6) is 3.92. The Morgan fingerprint density at radius 2 is 1.38 bits per heavy atom. The first kappa shape index (κ1) is 19.9. The Bertz CT molecular complexity index is 1160. The molecule has 0 spiro atoms. The van der Waals surface area contributed by atoms with E-state index in [1.807, 2.05) is 0 Å². The number of hydrogen-bond acceptors (Lipinski definition) is 0. The molecular formula is C30H30Cl2. The molecule has 3 saturated carbocycles. The van der Waals surface area contributed by atoms with E-state index < -0.39 is 0 Å². The molecule has 5 aliphatic carbocycles. The lowest BCUT2D eigenvalue weighted by molar-refractivity contribution is -0.00785. The predicted octanol–water partition coefficient (Wildman–Crippen LogP) is 8.41. The van der Waals surface area contributed by atoms with Gasteiger partial charge in [-0.1, -0.05) is 67.1 Å². The summed E-state index contributed by atoms with van der Waals surface area (Å²) in [4.78, 5) is 0. The van der Waals surface area contributed by atoms with E-state index in [-0.39, 0.29) is 0 Å². The zero-order chi connectivity index (χ0) is 21.5. The Hall–Kier alpha value is -1.50. The summed E-state index contributed by atoms with van der Waals surface area (Å²) in [5.41, 5.74) is 9.42. The van der Waals surface area contributed by atoms with E-state index in [0.717, 1.165) is 11.8 Å². The Morgan fingerprint density at radius 3 is 2.06 bits per heavy atom. The van der Waals surface area contributed by atoms with Crippen LogP contribution < -0.4 is 0 Å². The molecule has 32 heavy (non-hydrogen) atoms. The molecule has 2 aromatic rings. The van der Waals surface area contributed by atoms with Crippen LogP contribution in [0.25, 0.3) is 12.2 Å². The summed E-state index contributed by atoms with van der Waals surface area (Å²) in [6, 6.07) is 18.3. The number of rotatable bonds is 4. The lowest BCUT2D eigenvalue weighted by Gasteiger charge is -2.56. The number of benzene rings is 2. The maximum Gasteiger partial charge on any atom is 0.0443 e. The van der Waals surface area contributed by atoms with Crippen molar-refractivity contribution < 1.29 is 0 Å². The Balaban J connectivity index is 1.48. The molecule has 0 heterocycles. The SMILES string of the molecule is ClCC1=Cc2ccccc2C1C12CCC(C1)C1CCCC12C1C(CCl)=Cc2ccccc21. The quantitative estimate of drug-likeness (QED) is 0.401. The van der Waals surface area contributed by atoms with E-state index in [1.165, 1.54) is 60.8 Å². The van der Waals surface area contributed by atoms with Crippen LogP contribution in [-0.4, -0.2) is 11.8 Å². The normalized spacial score (nSPS) is 38.4. The van der Waals surface area contributed by atoms with Gasteiger partial charge in [0.2, 0.25) is 0 Å². The van der Waals surface area contributed by atoms with Gasteiger partial charge in [0.05, 0.1) is 0 Å². The van der Waals surface area contributed by atoms with Gasteiger partial charge in [-0.2, -0.15) is 0 Å². The van der Waals surface area contributed by atoms with Crippen LogP contribution in [0.2, 0.25) is 0 Å². The minimum absolute atomic E-state index is 0.291. The number of hydrogen-bond donors (Lipinski definition) is 0. The molecule has 0 nitrogen and oxygen atoms in total. The van der Waals surface area contributed by atoms with E-state index in [2.05, 4.69) is 60.7 Å². The van der Waals surface area contributed by atoms with Crippen LogP contribution in [0, 0.1) is 22.7 Å². The number of alkyl halides is 2. The summed E-state index contributed by atoms with van der Waals surface area (Å²) < 4.78 is 0. The van der Waals surface area contributed by atoms with Crippen LogP contribution in [0.15, 0.2) is 59.7 Å². The lowest BCUT2D eigenvalue weighted by Crippen LogP contribution is -2.49. The highest BCUT2D eigenvalue weighted by Gasteiger charge is 2.73. The fourth-order valence-corrected chi connectivity index (χ4v) is 10.1. The zero-order valence-electron chi connectivity index (χ0n) is 18.5. The van der Waals surface area contributed by atoms with Gasteiger partial charge in [0.25, 0.3) is 0 Å². The van der Waals surface area contributed by atoms with E-state index in [9.17, 15) is 0 Å². The molecule has 0 radical (unpaired) electrons. The third-order valence-electron chi connectivity index (χ3n) is 10.3. The van der Waals surface area contributed by atoms with Crippen molar-refractivity contribution in [3.63, 3.8) is 0 Å². The van der Waals surface area contributed by atoms with Crippen LogP contribution in [-0.2, 0) is 0 Å². The smallest absolute Gasteiger partial charge is 0.0443 e. The van der Waals surface area contributed by atoms with Crippen molar-refractivity contribution in [3.8, 4) is 0 Å². The molecule has 3 fully saturated rings. The largest absolute Gasteiger partial charge is 0.122 e. The molecule has 7 rings (SSSR count). The van der Waals surface area contributed by atoms with Gasteiger partial charge in [-0.3, -0.25) is 0 Å². The molecule has 164 valence electrons. The first-order chi connectivity index (χ1) is 15.7. The molecule has 0 N–H and O–H groups in total. The highest BCUT2D eigenvalue weighted by atomic mass is 35.5. The second-order valence-electron chi connectivity index (χ2n) is 11.0. The van der Waals surface area contributed by atoms with Gasteiger partial charge in [-0.15, -0.1) is 23.2 Å². The molecule has 0 amide bonds. The van der Waals surface area contributed by atoms with Gasteiger partial charge in [-0.05, 0) is 88.2 Å². The molecule has 0 aliphatic heterocycles. The predicted molar refractivity (Wildman–Crippen MR) is 135 cm³/mol. The Morgan fingerprint density at radius 1 is 0.750 bits per heavy atom. The molecular weight excluding hydrogens is 431 g/mol. The molecule has 0 saturated heterocycles. The number of fused-ring (bicyclic) bond motifs is 7. The summed E-state index contributed by atoms with van der Waals surface area (Å²) in [7, 11) is 0. The summed E-state index contributed by atoms with van der Waals surface area (Å²) in [5, 5.41) is 0. The maximum absolute atomic E-state index is 6.70. The van der Waals surface area contributed by atoms with Gasteiger partial charge in [0.15, 0.2) is 0 Å². The monoisotopic (exact) mass is 460 g/mol. The van der Waals surface area contributed by atoms with Gasteiger partial charge < -0.3 is 0 Å². The second-order valence-corrected chi connectivity index (χ2v) is 11.6. The number of allylic oxidation sites excluding steroid dienone is 2. The van der Waals surface area contributed by atoms with Crippen LogP contribution in [0.3, 0.4) is 0 Å². The van der Waals surface area contributed by atoms with Crippen molar-refractivity contribution >= 4 is 35.4 Å². The second kappa shape index (κ2) is 7.00. The fourth-order valence-electron chi connectivity index (χ4n) is 9.66. The molecule has 6 unspecified atom stereocenters. The minimum atomic E-state index is 0.291. The molecule has 5 aliphatic rings. The highest BCUT2D eigenvalue weighted by Crippen LogP contribution is 2.82.